The molecule has 23 heavy (non-hydrogen) atoms. The third kappa shape index (κ3) is 4.67. The maximum absolute atomic E-state index is 13.8. The Labute approximate surface area is 130 Å². The molecule has 8 heteroatoms. The summed E-state index contributed by atoms with van der Waals surface area (Å²) < 4.78 is 61.9. The number of alkyl halides is 3. The molecule has 1 heterocycles. The Morgan fingerprint density at radius 1 is 1.39 bits per heavy atom. The van der Waals surface area contributed by atoms with E-state index in [2.05, 4.69) is 15.0 Å². The molecular weight excluding hydrogens is 316 g/mol. The van der Waals surface area contributed by atoms with Crippen molar-refractivity contribution in [1.82, 2.24) is 10.3 Å². The predicted octanol–water partition coefficient (Wildman–Crippen LogP) is 3.36. The van der Waals surface area contributed by atoms with Crippen LogP contribution in [0.15, 0.2) is 36.5 Å². The average Bonchev–Trinajstić information content (AvgIpc) is 2.48. The second-order valence-electron chi connectivity index (χ2n) is 4.49. The van der Waals surface area contributed by atoms with Crippen LogP contribution in [-0.2, 0) is 6.52 Å². The van der Waals surface area contributed by atoms with Gasteiger partial charge in [0.2, 0.25) is 0 Å². The van der Waals surface area contributed by atoms with E-state index in [-0.39, 0.29) is 5.56 Å². The van der Waals surface area contributed by atoms with E-state index in [4.69, 9.17) is 1.37 Å². The van der Waals surface area contributed by atoms with Gasteiger partial charge in [-0.2, -0.15) is 0 Å². The number of nitrogens with one attached hydrogen (secondary N) is 1. The highest BCUT2D eigenvalue weighted by atomic mass is 19.4. The molecule has 0 spiro atoms. The smallest absolute Gasteiger partial charge is 0.406 e. The van der Waals surface area contributed by atoms with Crippen LogP contribution in [0.4, 0.5) is 17.6 Å². The summed E-state index contributed by atoms with van der Waals surface area (Å²) in [5, 5.41) is 2.20. The van der Waals surface area contributed by atoms with Gasteiger partial charge in [0.25, 0.3) is 5.91 Å². The third-order valence-corrected chi connectivity index (χ3v) is 2.81. The Morgan fingerprint density at radius 2 is 2.13 bits per heavy atom. The van der Waals surface area contributed by atoms with Crippen molar-refractivity contribution in [2.24, 2.45) is 0 Å². The second-order valence-corrected chi connectivity index (χ2v) is 4.49. The van der Waals surface area contributed by atoms with Gasteiger partial charge in [0.1, 0.15) is 11.6 Å². The van der Waals surface area contributed by atoms with Crippen LogP contribution < -0.4 is 10.1 Å². The second kappa shape index (κ2) is 6.64. The van der Waals surface area contributed by atoms with Gasteiger partial charge in [-0.25, -0.2) is 4.39 Å². The number of carbonyl (C=O) groups is 1. The number of benzene rings is 1. The van der Waals surface area contributed by atoms with Gasteiger partial charge in [-0.05, 0) is 37.3 Å². The van der Waals surface area contributed by atoms with Gasteiger partial charge in [0, 0.05) is 24.0 Å². The van der Waals surface area contributed by atoms with E-state index in [1.807, 2.05) is 0 Å². The Hall–Kier alpha value is -2.64. The molecule has 0 radical (unpaired) electrons. The van der Waals surface area contributed by atoms with Gasteiger partial charge < -0.3 is 10.1 Å². The summed E-state index contributed by atoms with van der Waals surface area (Å²) in [6.45, 7) is -0.0411. The van der Waals surface area contributed by atoms with Gasteiger partial charge in [-0.1, -0.05) is 0 Å². The minimum absolute atomic E-state index is 0.179. The molecule has 0 aliphatic rings. The number of hydrogen-bond donors (Lipinski definition) is 1. The van der Waals surface area contributed by atoms with Crippen LogP contribution in [-0.4, -0.2) is 17.3 Å². The summed E-state index contributed by atoms with van der Waals surface area (Å²) in [7, 11) is 0. The van der Waals surface area contributed by atoms with Crippen LogP contribution in [0.1, 0.15) is 23.0 Å². The Morgan fingerprint density at radius 3 is 2.78 bits per heavy atom. The maximum Gasteiger partial charge on any atom is 0.573 e. The minimum atomic E-state index is -4.94. The molecule has 1 unspecified atom stereocenters. The van der Waals surface area contributed by atoms with E-state index in [0.29, 0.717) is 5.69 Å². The van der Waals surface area contributed by atoms with Crippen LogP contribution in [0.25, 0.3) is 0 Å². The molecule has 1 amide bonds. The normalized spacial score (nSPS) is 13.2. The van der Waals surface area contributed by atoms with E-state index in [1.54, 1.807) is 6.92 Å². The molecule has 0 saturated heterocycles. The maximum atomic E-state index is 13.8. The average molecular weight is 329 g/mol. The molecule has 1 N–H and O–H groups in total. The summed E-state index contributed by atoms with van der Waals surface area (Å²) in [4.78, 5) is 16.0. The summed E-state index contributed by atoms with van der Waals surface area (Å²) >= 11 is 0. The Balaban J connectivity index is 2.20. The number of aromatic nitrogens is 1. The summed E-state index contributed by atoms with van der Waals surface area (Å²) in [5.41, 5.74) is 0.126. The molecule has 2 aromatic rings. The first kappa shape index (κ1) is 15.3. The number of ether oxygens (including phenoxy) is 1. The molecule has 0 aliphatic heterocycles. The molecule has 122 valence electrons. The molecule has 1 atom stereocenters. The van der Waals surface area contributed by atoms with Crippen LogP contribution in [0, 0.1) is 12.7 Å². The first-order chi connectivity index (χ1) is 11.2. The van der Waals surface area contributed by atoms with Crippen LogP contribution >= 0.6 is 0 Å². The first-order valence-corrected chi connectivity index (χ1v) is 6.37. The van der Waals surface area contributed by atoms with E-state index < -0.39 is 35.9 Å². The molecule has 0 bridgehead atoms. The number of aryl methyl sites for hydroxylation is 1. The fraction of sp³-hybridized carbons (Fsp3) is 0.200. The lowest BCUT2D eigenvalue weighted by molar-refractivity contribution is -0.274. The van der Waals surface area contributed by atoms with Crippen molar-refractivity contribution in [2.45, 2.75) is 19.8 Å². The van der Waals surface area contributed by atoms with Crippen molar-refractivity contribution >= 4 is 5.91 Å². The molecule has 0 saturated carbocycles. The SMILES string of the molecule is [2H]C(NC(=O)c1cccnc1C)c1cc(OC(F)(F)F)ccc1F. The molecule has 1 aromatic heterocycles. The lowest BCUT2D eigenvalue weighted by atomic mass is 10.1. The summed E-state index contributed by atoms with van der Waals surface area (Å²) in [5.74, 6) is -2.31. The topological polar surface area (TPSA) is 51.2 Å². The van der Waals surface area contributed by atoms with Crippen molar-refractivity contribution in [1.29, 1.82) is 0 Å². The van der Waals surface area contributed by atoms with E-state index >= 15 is 0 Å². The van der Waals surface area contributed by atoms with Gasteiger partial charge >= 0.3 is 6.36 Å². The van der Waals surface area contributed by atoms with E-state index in [9.17, 15) is 22.4 Å². The molecule has 0 fully saturated rings. The molecule has 0 aliphatic carbocycles. The number of hydrogen-bond acceptors (Lipinski definition) is 3. The zero-order valence-corrected chi connectivity index (χ0v) is 11.8. The van der Waals surface area contributed by atoms with Crippen molar-refractivity contribution in [2.75, 3.05) is 0 Å². The highest BCUT2D eigenvalue weighted by Crippen LogP contribution is 2.24. The zero-order chi connectivity index (χ0) is 17.9. The zero-order valence-electron chi connectivity index (χ0n) is 12.8. The number of carbonyl (C=O) groups excluding carboxylic acids is 1. The number of amides is 1. The first-order valence-electron chi connectivity index (χ1n) is 6.95. The molecule has 1 aromatic carbocycles. The number of rotatable bonds is 4. The van der Waals surface area contributed by atoms with Gasteiger partial charge in [0.05, 0.1) is 6.93 Å². The fourth-order valence-electron chi connectivity index (χ4n) is 1.77. The molecule has 4 nitrogen and oxygen atoms in total. The minimum Gasteiger partial charge on any atom is -0.406 e. The quantitative estimate of drug-likeness (QED) is 0.875. The highest BCUT2D eigenvalue weighted by Gasteiger charge is 2.31. The standard InChI is InChI=1S/C15H12F4N2O2/c1-9-12(3-2-6-20-9)14(22)21-8-10-7-11(4-5-13(10)16)23-15(17,18)19/h2-7H,8H2,1H3,(H,21,22)/i8D. The fourth-order valence-corrected chi connectivity index (χ4v) is 1.77. The van der Waals surface area contributed by atoms with E-state index in [1.165, 1.54) is 18.3 Å². The van der Waals surface area contributed by atoms with Gasteiger partial charge in [-0.15, -0.1) is 13.2 Å². The molecule has 2 rings (SSSR count). The number of halogens is 4. The van der Waals surface area contributed by atoms with Crippen molar-refractivity contribution in [3.63, 3.8) is 0 Å². The lowest BCUT2D eigenvalue weighted by Crippen LogP contribution is -2.24. The van der Waals surface area contributed by atoms with Crippen molar-refractivity contribution < 1.29 is 28.5 Å². The van der Waals surface area contributed by atoms with Crippen LogP contribution in [0.5, 0.6) is 5.75 Å². The van der Waals surface area contributed by atoms with Crippen molar-refractivity contribution in [3.05, 3.63) is 59.2 Å². The Bertz CT molecular complexity index is 752. The number of nitrogens with zero attached hydrogens (tertiary/aromatic N) is 1. The van der Waals surface area contributed by atoms with E-state index in [0.717, 1.165) is 18.2 Å². The lowest BCUT2D eigenvalue weighted by Gasteiger charge is -2.12. The molecular formula is C15H12F4N2O2. The Kier molecular flexibility index (Phi) is 4.40. The largest absolute Gasteiger partial charge is 0.573 e. The highest BCUT2D eigenvalue weighted by molar-refractivity contribution is 5.95. The third-order valence-electron chi connectivity index (χ3n) is 2.81. The van der Waals surface area contributed by atoms with Crippen LogP contribution in [0.3, 0.4) is 0 Å². The van der Waals surface area contributed by atoms with Gasteiger partial charge in [0.15, 0.2) is 0 Å². The van der Waals surface area contributed by atoms with Gasteiger partial charge in [-0.3, -0.25) is 9.78 Å². The number of pyridine rings is 1. The predicted molar refractivity (Wildman–Crippen MR) is 73.2 cm³/mol. The van der Waals surface area contributed by atoms with Crippen molar-refractivity contribution in [3.8, 4) is 5.75 Å². The monoisotopic (exact) mass is 329 g/mol. The summed E-state index contributed by atoms with van der Waals surface area (Å²) in [6.07, 6.45) is -3.47. The summed E-state index contributed by atoms with van der Waals surface area (Å²) in [6, 6.07) is 5.21. The van der Waals surface area contributed by atoms with Crippen LogP contribution in [0.2, 0.25) is 0 Å².